The summed E-state index contributed by atoms with van der Waals surface area (Å²) in [6.45, 7) is 6.04. The molecule has 3 rings (SSSR count). The topological polar surface area (TPSA) is 108 Å². The average Bonchev–Trinajstić information content (AvgIpc) is 3.20. The molecule has 2 aromatic heterocycles. The molecule has 0 aliphatic rings. The van der Waals surface area contributed by atoms with Crippen molar-refractivity contribution in [2.24, 2.45) is 0 Å². The van der Waals surface area contributed by atoms with Crippen molar-refractivity contribution < 1.29 is 9.72 Å². The van der Waals surface area contributed by atoms with Gasteiger partial charge in [0.1, 0.15) is 0 Å². The molecule has 1 N–H and O–H groups in total. The molecule has 146 valence electrons. The van der Waals surface area contributed by atoms with Crippen LogP contribution in [0.2, 0.25) is 0 Å². The molecule has 0 spiro atoms. The predicted octanol–water partition coefficient (Wildman–Crippen LogP) is 3.24. The van der Waals surface area contributed by atoms with Crippen LogP contribution in [0, 0.1) is 24.0 Å². The first-order valence-corrected chi connectivity index (χ1v) is 8.98. The molecule has 28 heavy (non-hydrogen) atoms. The highest BCUT2D eigenvalue weighted by molar-refractivity contribution is 5.92. The van der Waals surface area contributed by atoms with Crippen molar-refractivity contribution >= 4 is 17.5 Å². The summed E-state index contributed by atoms with van der Waals surface area (Å²) >= 11 is 0. The molecule has 1 amide bonds. The Morgan fingerprint density at radius 3 is 2.50 bits per heavy atom. The maximum Gasteiger partial charge on any atom is 0.390 e. The lowest BCUT2D eigenvalue weighted by atomic mass is 10.2. The lowest BCUT2D eigenvalue weighted by Gasteiger charge is -2.13. The number of hydrogen-bond donors (Lipinski definition) is 1. The zero-order chi connectivity index (χ0) is 20.3. The summed E-state index contributed by atoms with van der Waals surface area (Å²) in [5.74, 6) is -0.143. The SMILES string of the molecule is CCC(C(=O)Nc1cc(C)n(Cc2ccccc2)n1)n1nc([N+](=O)[O-])cc1C. The fraction of sp³-hybridized carbons (Fsp3) is 0.316. The molecule has 3 aromatic rings. The molecule has 0 aliphatic heterocycles. The Bertz CT molecular complexity index is 993. The molecule has 2 heterocycles. The van der Waals surface area contributed by atoms with Crippen LogP contribution in [-0.2, 0) is 11.3 Å². The molecule has 0 bridgehead atoms. The molecular weight excluding hydrogens is 360 g/mol. The summed E-state index contributed by atoms with van der Waals surface area (Å²) in [6.07, 6.45) is 0.440. The quantitative estimate of drug-likeness (QED) is 0.498. The van der Waals surface area contributed by atoms with Crippen LogP contribution >= 0.6 is 0 Å². The highest BCUT2D eigenvalue weighted by Crippen LogP contribution is 2.21. The molecule has 0 radical (unpaired) electrons. The zero-order valence-corrected chi connectivity index (χ0v) is 16.0. The van der Waals surface area contributed by atoms with Gasteiger partial charge in [0.2, 0.25) is 0 Å². The van der Waals surface area contributed by atoms with Crippen LogP contribution in [-0.4, -0.2) is 30.4 Å². The van der Waals surface area contributed by atoms with E-state index in [-0.39, 0.29) is 11.7 Å². The van der Waals surface area contributed by atoms with Crippen LogP contribution in [0.4, 0.5) is 11.6 Å². The van der Waals surface area contributed by atoms with E-state index in [2.05, 4.69) is 15.5 Å². The smallest absolute Gasteiger partial charge is 0.358 e. The monoisotopic (exact) mass is 382 g/mol. The lowest BCUT2D eigenvalue weighted by Crippen LogP contribution is -2.27. The van der Waals surface area contributed by atoms with Gasteiger partial charge in [-0.05, 0) is 30.8 Å². The van der Waals surface area contributed by atoms with Crippen LogP contribution in [0.15, 0.2) is 42.5 Å². The molecule has 0 fully saturated rings. The van der Waals surface area contributed by atoms with Crippen molar-refractivity contribution in [2.45, 2.75) is 39.8 Å². The van der Waals surface area contributed by atoms with Gasteiger partial charge in [0.05, 0.1) is 23.4 Å². The second-order valence-corrected chi connectivity index (χ2v) is 6.57. The first-order valence-electron chi connectivity index (χ1n) is 8.98. The summed E-state index contributed by atoms with van der Waals surface area (Å²) in [5, 5.41) is 22.2. The molecule has 0 saturated carbocycles. The van der Waals surface area contributed by atoms with Gasteiger partial charge >= 0.3 is 5.82 Å². The molecule has 1 unspecified atom stereocenters. The number of nitrogens with one attached hydrogen (secondary N) is 1. The van der Waals surface area contributed by atoms with E-state index in [1.165, 1.54) is 10.7 Å². The number of amides is 1. The number of aryl methyl sites for hydroxylation is 2. The van der Waals surface area contributed by atoms with E-state index in [0.717, 1.165) is 11.3 Å². The number of anilines is 1. The molecule has 0 aliphatic carbocycles. The van der Waals surface area contributed by atoms with E-state index < -0.39 is 11.0 Å². The third-order valence-electron chi connectivity index (χ3n) is 4.49. The summed E-state index contributed by atoms with van der Waals surface area (Å²) < 4.78 is 3.21. The Morgan fingerprint density at radius 2 is 1.89 bits per heavy atom. The summed E-state index contributed by atoms with van der Waals surface area (Å²) in [7, 11) is 0. The van der Waals surface area contributed by atoms with Crippen LogP contribution in [0.3, 0.4) is 0 Å². The number of nitro groups is 1. The maximum atomic E-state index is 12.8. The van der Waals surface area contributed by atoms with Crippen molar-refractivity contribution in [3.8, 4) is 0 Å². The Morgan fingerprint density at radius 1 is 1.18 bits per heavy atom. The Kier molecular flexibility index (Phi) is 5.53. The van der Waals surface area contributed by atoms with Crippen molar-refractivity contribution in [3.63, 3.8) is 0 Å². The van der Waals surface area contributed by atoms with E-state index >= 15 is 0 Å². The largest absolute Gasteiger partial charge is 0.390 e. The Balaban J connectivity index is 1.76. The first kappa shape index (κ1) is 19.3. The highest BCUT2D eigenvalue weighted by atomic mass is 16.6. The Hall–Kier alpha value is -3.49. The maximum absolute atomic E-state index is 12.8. The van der Waals surface area contributed by atoms with E-state index in [1.807, 2.05) is 48.9 Å². The minimum absolute atomic E-state index is 0.272. The van der Waals surface area contributed by atoms with E-state index in [0.29, 0.717) is 24.5 Å². The predicted molar refractivity (Wildman–Crippen MR) is 104 cm³/mol. The molecule has 9 heteroatoms. The van der Waals surface area contributed by atoms with Crippen LogP contribution < -0.4 is 5.32 Å². The highest BCUT2D eigenvalue weighted by Gasteiger charge is 2.27. The van der Waals surface area contributed by atoms with Gasteiger partial charge in [-0.1, -0.05) is 37.3 Å². The van der Waals surface area contributed by atoms with Crippen molar-refractivity contribution in [2.75, 3.05) is 5.32 Å². The van der Waals surface area contributed by atoms with Crippen LogP contribution in [0.25, 0.3) is 0 Å². The van der Waals surface area contributed by atoms with Gasteiger partial charge in [-0.2, -0.15) is 9.78 Å². The van der Waals surface area contributed by atoms with Gasteiger partial charge in [0.15, 0.2) is 11.9 Å². The zero-order valence-electron chi connectivity index (χ0n) is 16.0. The van der Waals surface area contributed by atoms with Crippen molar-refractivity contribution in [1.82, 2.24) is 19.6 Å². The van der Waals surface area contributed by atoms with Crippen LogP contribution in [0.1, 0.15) is 36.3 Å². The molecule has 0 saturated heterocycles. The molecule has 1 atom stereocenters. The van der Waals surface area contributed by atoms with Crippen molar-refractivity contribution in [1.29, 1.82) is 0 Å². The molecular formula is C19H22N6O3. The average molecular weight is 382 g/mol. The minimum Gasteiger partial charge on any atom is -0.358 e. The second kappa shape index (κ2) is 8.03. The number of hydrogen-bond acceptors (Lipinski definition) is 5. The van der Waals surface area contributed by atoms with Gasteiger partial charge in [-0.3, -0.25) is 9.48 Å². The third kappa shape index (κ3) is 4.08. The number of carbonyl (C=O) groups is 1. The van der Waals surface area contributed by atoms with Gasteiger partial charge < -0.3 is 15.4 Å². The van der Waals surface area contributed by atoms with E-state index in [4.69, 9.17) is 0 Å². The fourth-order valence-corrected chi connectivity index (χ4v) is 3.04. The lowest BCUT2D eigenvalue weighted by molar-refractivity contribution is -0.389. The molecule has 9 nitrogen and oxygen atoms in total. The first-order chi connectivity index (χ1) is 13.4. The Labute approximate surface area is 162 Å². The molecule has 1 aromatic carbocycles. The summed E-state index contributed by atoms with van der Waals surface area (Å²) in [4.78, 5) is 23.1. The summed E-state index contributed by atoms with van der Waals surface area (Å²) in [6, 6.07) is 12.4. The number of carbonyl (C=O) groups excluding carboxylic acids is 1. The normalized spacial score (nSPS) is 12.0. The number of benzene rings is 1. The second-order valence-electron chi connectivity index (χ2n) is 6.57. The third-order valence-corrected chi connectivity index (χ3v) is 4.49. The number of aromatic nitrogens is 4. The van der Waals surface area contributed by atoms with Gasteiger partial charge in [-0.25, -0.2) is 0 Å². The van der Waals surface area contributed by atoms with Gasteiger partial charge in [-0.15, -0.1) is 0 Å². The van der Waals surface area contributed by atoms with Gasteiger partial charge in [0.25, 0.3) is 5.91 Å². The van der Waals surface area contributed by atoms with Crippen LogP contribution in [0.5, 0.6) is 0 Å². The van der Waals surface area contributed by atoms with E-state index in [1.54, 1.807) is 13.0 Å². The van der Waals surface area contributed by atoms with E-state index in [9.17, 15) is 14.9 Å². The minimum atomic E-state index is -0.659. The number of nitrogens with zero attached hydrogens (tertiary/aromatic N) is 5. The fourth-order valence-electron chi connectivity index (χ4n) is 3.04. The number of rotatable bonds is 7. The van der Waals surface area contributed by atoms with Crippen molar-refractivity contribution in [3.05, 3.63) is 69.5 Å². The summed E-state index contributed by atoms with van der Waals surface area (Å²) in [5.41, 5.74) is 2.58. The van der Waals surface area contributed by atoms with Gasteiger partial charge in [0, 0.05) is 11.8 Å². The standard InChI is InChI=1S/C19H22N6O3/c1-4-16(24-14(3)11-18(22-24)25(27)28)19(26)20-17-10-13(2)23(21-17)12-15-8-6-5-7-9-15/h5-11,16H,4,12H2,1-3H3,(H,20,21,26).